The van der Waals surface area contributed by atoms with Crippen LogP contribution >= 0.6 is 23.2 Å². The largest absolute Gasteiger partial charge is 0.355 e. The van der Waals surface area contributed by atoms with Gasteiger partial charge in [-0.05, 0) is 62.7 Å². The van der Waals surface area contributed by atoms with Gasteiger partial charge in [0.2, 0.25) is 11.8 Å². The molecular formula is C27H29Cl2N3O4S. The van der Waals surface area contributed by atoms with Crippen LogP contribution in [-0.2, 0) is 26.2 Å². The zero-order chi connectivity index (χ0) is 27.2. The van der Waals surface area contributed by atoms with Gasteiger partial charge in [-0.2, -0.15) is 0 Å². The Hall–Kier alpha value is -3.07. The Morgan fingerprint density at radius 2 is 1.57 bits per heavy atom. The molecule has 3 aromatic carbocycles. The number of carbonyl (C=O) groups is 2. The van der Waals surface area contributed by atoms with Crippen molar-refractivity contribution < 1.29 is 18.0 Å². The number of anilines is 1. The quantitative estimate of drug-likeness (QED) is 0.375. The fourth-order valence-corrected chi connectivity index (χ4v) is 5.73. The molecule has 1 atom stereocenters. The highest BCUT2D eigenvalue weighted by atomic mass is 35.5. The number of likely N-dealkylation sites (N-methyl/N-ethyl adjacent to an activating group) is 1. The molecule has 10 heteroatoms. The second-order valence-electron chi connectivity index (χ2n) is 8.46. The first kappa shape index (κ1) is 28.5. The lowest BCUT2D eigenvalue weighted by Crippen LogP contribution is -2.51. The third-order valence-electron chi connectivity index (χ3n) is 5.81. The summed E-state index contributed by atoms with van der Waals surface area (Å²) in [6.45, 7) is 4.94. The summed E-state index contributed by atoms with van der Waals surface area (Å²) in [6, 6.07) is 18.8. The van der Waals surface area contributed by atoms with Crippen molar-refractivity contribution in [3.63, 3.8) is 0 Å². The molecule has 0 spiro atoms. The van der Waals surface area contributed by atoms with E-state index in [9.17, 15) is 18.0 Å². The predicted octanol–water partition coefficient (Wildman–Crippen LogP) is 5.05. The molecule has 0 radical (unpaired) electrons. The normalized spacial score (nSPS) is 12.0. The average Bonchev–Trinajstić information content (AvgIpc) is 2.87. The maximum atomic E-state index is 13.8. The highest BCUT2D eigenvalue weighted by molar-refractivity contribution is 7.92. The van der Waals surface area contributed by atoms with Crippen LogP contribution in [0.25, 0.3) is 0 Å². The van der Waals surface area contributed by atoms with Crippen molar-refractivity contribution in [1.29, 1.82) is 0 Å². The molecule has 2 amide bonds. The molecule has 7 nitrogen and oxygen atoms in total. The number of nitrogens with zero attached hydrogens (tertiary/aromatic N) is 2. The fourth-order valence-electron chi connectivity index (χ4n) is 3.79. The number of hydrogen-bond acceptors (Lipinski definition) is 4. The summed E-state index contributed by atoms with van der Waals surface area (Å²) in [7, 11) is -4.11. The van der Waals surface area contributed by atoms with Crippen molar-refractivity contribution in [3.8, 4) is 0 Å². The van der Waals surface area contributed by atoms with Gasteiger partial charge in [-0.15, -0.1) is 0 Å². The van der Waals surface area contributed by atoms with Gasteiger partial charge in [-0.25, -0.2) is 8.42 Å². The Labute approximate surface area is 228 Å². The Bertz CT molecular complexity index is 1350. The highest BCUT2D eigenvalue weighted by Crippen LogP contribution is 2.28. The average molecular weight is 563 g/mol. The van der Waals surface area contributed by atoms with E-state index in [1.807, 2.05) is 13.0 Å². The Morgan fingerprint density at radius 3 is 2.16 bits per heavy atom. The van der Waals surface area contributed by atoms with E-state index >= 15 is 0 Å². The van der Waals surface area contributed by atoms with Gasteiger partial charge in [0.05, 0.1) is 10.6 Å². The maximum absolute atomic E-state index is 13.8. The van der Waals surface area contributed by atoms with E-state index in [4.69, 9.17) is 23.2 Å². The molecule has 0 heterocycles. The zero-order valence-electron chi connectivity index (χ0n) is 20.8. The van der Waals surface area contributed by atoms with Crippen molar-refractivity contribution in [2.45, 2.75) is 38.3 Å². The molecule has 0 aliphatic rings. The van der Waals surface area contributed by atoms with Crippen LogP contribution < -0.4 is 9.62 Å². The van der Waals surface area contributed by atoms with Crippen LogP contribution in [0.1, 0.15) is 25.0 Å². The first-order valence-corrected chi connectivity index (χ1v) is 13.9. The van der Waals surface area contributed by atoms with E-state index in [0.29, 0.717) is 27.8 Å². The maximum Gasteiger partial charge on any atom is 0.264 e. The minimum absolute atomic E-state index is 0.0433. The summed E-state index contributed by atoms with van der Waals surface area (Å²) >= 11 is 12.7. The van der Waals surface area contributed by atoms with Gasteiger partial charge in [-0.1, -0.05) is 59.6 Å². The third kappa shape index (κ3) is 6.83. The van der Waals surface area contributed by atoms with Crippen LogP contribution in [0.3, 0.4) is 0 Å². The van der Waals surface area contributed by atoms with Gasteiger partial charge in [0.15, 0.2) is 0 Å². The number of carbonyl (C=O) groups excluding carboxylic acids is 2. The van der Waals surface area contributed by atoms with Crippen LogP contribution in [0.2, 0.25) is 10.0 Å². The van der Waals surface area contributed by atoms with E-state index in [2.05, 4.69) is 5.32 Å². The Kier molecular flexibility index (Phi) is 9.59. The minimum Gasteiger partial charge on any atom is -0.355 e. The van der Waals surface area contributed by atoms with Gasteiger partial charge in [0, 0.05) is 28.7 Å². The van der Waals surface area contributed by atoms with Crippen molar-refractivity contribution in [2.24, 2.45) is 0 Å². The number of rotatable bonds is 10. The molecule has 1 N–H and O–H groups in total. The van der Waals surface area contributed by atoms with Gasteiger partial charge >= 0.3 is 0 Å². The number of sulfonamides is 1. The number of nitrogens with one attached hydrogen (secondary N) is 1. The van der Waals surface area contributed by atoms with E-state index < -0.39 is 28.5 Å². The van der Waals surface area contributed by atoms with E-state index in [0.717, 1.165) is 9.87 Å². The molecule has 3 rings (SSSR count). The van der Waals surface area contributed by atoms with Gasteiger partial charge in [0.25, 0.3) is 10.0 Å². The molecule has 0 saturated heterocycles. The standard InChI is InChI=1S/C27H29Cl2N3O4S/c1-4-30-27(34)20(3)31(17-23-24(28)14-9-15-25(23)29)26(33)18-32(21-11-8-10-19(2)16-21)37(35,36)22-12-6-5-7-13-22/h5-16,20H,4,17-18H2,1-3H3,(H,30,34). The number of halogens is 2. The summed E-state index contributed by atoms with van der Waals surface area (Å²) in [5, 5.41) is 3.38. The first-order chi connectivity index (χ1) is 17.6. The third-order valence-corrected chi connectivity index (χ3v) is 8.30. The predicted molar refractivity (Wildman–Crippen MR) is 147 cm³/mol. The van der Waals surface area contributed by atoms with E-state index in [1.165, 1.54) is 17.0 Å². The summed E-state index contributed by atoms with van der Waals surface area (Å²) in [6.07, 6.45) is 0. The lowest BCUT2D eigenvalue weighted by atomic mass is 10.1. The number of hydrogen-bond donors (Lipinski definition) is 1. The molecule has 0 bridgehead atoms. The van der Waals surface area contributed by atoms with Crippen LogP contribution in [-0.4, -0.2) is 44.3 Å². The molecule has 0 saturated carbocycles. The van der Waals surface area contributed by atoms with Crippen molar-refractivity contribution in [1.82, 2.24) is 10.2 Å². The lowest BCUT2D eigenvalue weighted by Gasteiger charge is -2.32. The molecular weight excluding hydrogens is 533 g/mol. The monoisotopic (exact) mass is 561 g/mol. The Balaban J connectivity index is 2.06. The highest BCUT2D eigenvalue weighted by Gasteiger charge is 2.33. The number of amides is 2. The summed E-state index contributed by atoms with van der Waals surface area (Å²) in [5.74, 6) is -0.970. The molecule has 3 aromatic rings. The molecule has 196 valence electrons. The summed E-state index contributed by atoms with van der Waals surface area (Å²) in [4.78, 5) is 27.9. The van der Waals surface area contributed by atoms with E-state index in [1.54, 1.807) is 68.4 Å². The van der Waals surface area contributed by atoms with Gasteiger partial charge in [-0.3, -0.25) is 13.9 Å². The number of aryl methyl sites for hydroxylation is 1. The van der Waals surface area contributed by atoms with Crippen LogP contribution in [0, 0.1) is 6.92 Å². The van der Waals surface area contributed by atoms with Crippen molar-refractivity contribution >= 4 is 50.7 Å². The van der Waals surface area contributed by atoms with Gasteiger partial charge < -0.3 is 10.2 Å². The summed E-state index contributed by atoms with van der Waals surface area (Å²) < 4.78 is 28.5. The first-order valence-electron chi connectivity index (χ1n) is 11.7. The molecule has 0 aromatic heterocycles. The van der Waals surface area contributed by atoms with Crippen molar-refractivity contribution in [2.75, 3.05) is 17.4 Å². The SMILES string of the molecule is CCNC(=O)C(C)N(Cc1c(Cl)cccc1Cl)C(=O)CN(c1cccc(C)c1)S(=O)(=O)c1ccccc1. The topological polar surface area (TPSA) is 86.8 Å². The molecule has 0 aliphatic carbocycles. The molecule has 0 fully saturated rings. The molecule has 37 heavy (non-hydrogen) atoms. The zero-order valence-corrected chi connectivity index (χ0v) is 23.1. The smallest absolute Gasteiger partial charge is 0.264 e. The summed E-state index contributed by atoms with van der Waals surface area (Å²) in [5.41, 5.74) is 1.62. The lowest BCUT2D eigenvalue weighted by molar-refractivity contribution is -0.139. The van der Waals surface area contributed by atoms with Crippen molar-refractivity contribution in [3.05, 3.63) is 94.0 Å². The number of benzene rings is 3. The molecule has 1 unspecified atom stereocenters. The second-order valence-corrected chi connectivity index (χ2v) is 11.1. The van der Waals surface area contributed by atoms with Crippen LogP contribution in [0.5, 0.6) is 0 Å². The fraction of sp³-hybridized carbons (Fsp3) is 0.259. The van der Waals surface area contributed by atoms with E-state index in [-0.39, 0.29) is 17.3 Å². The molecule has 0 aliphatic heterocycles. The second kappa shape index (κ2) is 12.4. The van der Waals surface area contributed by atoms with Crippen LogP contribution in [0.15, 0.2) is 77.7 Å². The minimum atomic E-state index is -4.11. The Morgan fingerprint density at radius 1 is 0.946 bits per heavy atom. The van der Waals surface area contributed by atoms with Gasteiger partial charge in [0.1, 0.15) is 12.6 Å². The van der Waals surface area contributed by atoms with Crippen LogP contribution in [0.4, 0.5) is 5.69 Å².